The van der Waals surface area contributed by atoms with E-state index in [2.05, 4.69) is 46.6 Å². The van der Waals surface area contributed by atoms with Gasteiger partial charge in [0.05, 0.1) is 5.70 Å². The van der Waals surface area contributed by atoms with E-state index in [1.807, 2.05) is 11.8 Å². The van der Waals surface area contributed by atoms with Gasteiger partial charge in [0.15, 0.2) is 0 Å². The SMILES string of the molecule is C1=C2N=C(N3CCNCC3)c3ccccc3SC2=CCC1. The standard InChI is InChI=1S/C17H19N3S/c1-3-7-15-13(5-1)17(20-11-9-18-10-12-20)19-14-6-2-4-8-16(14)21-15/h1,3,5-8,18H,2,4,9-12H2. The summed E-state index contributed by atoms with van der Waals surface area (Å²) in [4.78, 5) is 10.1. The summed E-state index contributed by atoms with van der Waals surface area (Å²) in [5.41, 5.74) is 2.44. The first-order valence-corrected chi connectivity index (χ1v) is 8.46. The highest BCUT2D eigenvalue weighted by Gasteiger charge is 2.24. The molecule has 0 spiro atoms. The minimum Gasteiger partial charge on any atom is -0.354 e. The van der Waals surface area contributed by atoms with Gasteiger partial charge in [-0.2, -0.15) is 0 Å². The third kappa shape index (κ3) is 2.54. The number of allylic oxidation sites excluding steroid dienone is 2. The maximum atomic E-state index is 5.05. The summed E-state index contributed by atoms with van der Waals surface area (Å²) in [7, 11) is 0. The molecule has 21 heavy (non-hydrogen) atoms. The fourth-order valence-corrected chi connectivity index (χ4v) is 4.07. The van der Waals surface area contributed by atoms with E-state index in [9.17, 15) is 0 Å². The van der Waals surface area contributed by atoms with E-state index in [0.29, 0.717) is 0 Å². The van der Waals surface area contributed by atoms with Crippen molar-refractivity contribution in [3.05, 3.63) is 52.6 Å². The Morgan fingerprint density at radius 2 is 1.86 bits per heavy atom. The van der Waals surface area contributed by atoms with Crippen molar-refractivity contribution >= 4 is 17.6 Å². The predicted molar refractivity (Wildman–Crippen MR) is 88.7 cm³/mol. The van der Waals surface area contributed by atoms with Gasteiger partial charge < -0.3 is 10.2 Å². The predicted octanol–water partition coefficient (Wildman–Crippen LogP) is 3.01. The number of nitrogens with zero attached hydrogens (tertiary/aromatic N) is 2. The van der Waals surface area contributed by atoms with Gasteiger partial charge in [-0.05, 0) is 18.9 Å². The lowest BCUT2D eigenvalue weighted by molar-refractivity contribution is 0.357. The second-order valence-corrected chi connectivity index (χ2v) is 6.59. The quantitative estimate of drug-likeness (QED) is 0.798. The molecular weight excluding hydrogens is 278 g/mol. The zero-order chi connectivity index (χ0) is 14.1. The van der Waals surface area contributed by atoms with Crippen LogP contribution in [-0.4, -0.2) is 36.9 Å². The lowest BCUT2D eigenvalue weighted by Crippen LogP contribution is -2.46. The van der Waals surface area contributed by atoms with Crippen LogP contribution < -0.4 is 5.32 Å². The Hall–Kier alpha value is -1.52. The van der Waals surface area contributed by atoms with E-state index in [4.69, 9.17) is 4.99 Å². The molecule has 0 aromatic heterocycles. The summed E-state index contributed by atoms with van der Waals surface area (Å²) in [5.74, 6) is 1.15. The molecule has 0 radical (unpaired) electrons. The van der Waals surface area contributed by atoms with Gasteiger partial charge in [-0.25, -0.2) is 4.99 Å². The molecule has 4 rings (SSSR count). The van der Waals surface area contributed by atoms with E-state index in [-0.39, 0.29) is 0 Å². The highest BCUT2D eigenvalue weighted by molar-refractivity contribution is 8.03. The Balaban J connectivity index is 1.82. The summed E-state index contributed by atoms with van der Waals surface area (Å²) < 4.78 is 0. The molecule has 1 aliphatic carbocycles. The third-order valence-corrected chi connectivity index (χ3v) is 5.25. The number of hydrogen-bond donors (Lipinski definition) is 1. The summed E-state index contributed by atoms with van der Waals surface area (Å²) in [5, 5.41) is 3.42. The molecule has 2 aliphatic heterocycles. The molecule has 108 valence electrons. The van der Waals surface area contributed by atoms with Crippen LogP contribution in [0.25, 0.3) is 0 Å². The first-order valence-electron chi connectivity index (χ1n) is 7.64. The van der Waals surface area contributed by atoms with E-state index in [1.165, 1.54) is 15.4 Å². The van der Waals surface area contributed by atoms with E-state index < -0.39 is 0 Å². The van der Waals surface area contributed by atoms with E-state index in [0.717, 1.165) is 50.6 Å². The molecule has 0 amide bonds. The molecule has 1 fully saturated rings. The summed E-state index contributed by atoms with van der Waals surface area (Å²) in [6.45, 7) is 4.14. The Morgan fingerprint density at radius 1 is 1.05 bits per heavy atom. The lowest BCUT2D eigenvalue weighted by Gasteiger charge is -2.30. The van der Waals surface area contributed by atoms with Crippen molar-refractivity contribution in [3.8, 4) is 0 Å². The molecule has 1 aromatic rings. The average molecular weight is 297 g/mol. The monoisotopic (exact) mass is 297 g/mol. The number of piperazine rings is 1. The first kappa shape index (κ1) is 13.2. The average Bonchev–Trinajstić information content (AvgIpc) is 2.72. The van der Waals surface area contributed by atoms with Crippen molar-refractivity contribution in [2.45, 2.75) is 17.7 Å². The number of amidine groups is 1. The normalized spacial score (nSPS) is 21.5. The van der Waals surface area contributed by atoms with Crippen LogP contribution in [0.15, 0.2) is 56.9 Å². The van der Waals surface area contributed by atoms with Gasteiger partial charge in [-0.3, -0.25) is 0 Å². The Kier molecular flexibility index (Phi) is 3.57. The Morgan fingerprint density at radius 3 is 2.76 bits per heavy atom. The number of rotatable bonds is 0. The zero-order valence-corrected chi connectivity index (χ0v) is 12.8. The highest BCUT2D eigenvalue weighted by Crippen LogP contribution is 2.40. The van der Waals surface area contributed by atoms with Crippen molar-refractivity contribution < 1.29 is 0 Å². The number of fused-ring (bicyclic) bond motifs is 2. The summed E-state index contributed by atoms with van der Waals surface area (Å²) in [6.07, 6.45) is 6.86. The molecule has 4 heteroatoms. The number of nitrogens with one attached hydrogen (secondary N) is 1. The maximum absolute atomic E-state index is 5.05. The Labute approximate surface area is 129 Å². The fourth-order valence-electron chi connectivity index (χ4n) is 2.99. The molecule has 2 heterocycles. The lowest BCUT2D eigenvalue weighted by atomic mass is 10.1. The highest BCUT2D eigenvalue weighted by atomic mass is 32.2. The van der Waals surface area contributed by atoms with Crippen LogP contribution in [-0.2, 0) is 0 Å². The van der Waals surface area contributed by atoms with Gasteiger partial charge in [-0.15, -0.1) is 0 Å². The van der Waals surface area contributed by atoms with E-state index in [1.54, 1.807) is 0 Å². The first-order chi connectivity index (χ1) is 10.4. The minimum atomic E-state index is 1.03. The molecular formula is C17H19N3S. The molecule has 0 atom stereocenters. The maximum Gasteiger partial charge on any atom is 0.137 e. The van der Waals surface area contributed by atoms with Crippen molar-refractivity contribution in [2.75, 3.05) is 26.2 Å². The summed E-state index contributed by atoms with van der Waals surface area (Å²) in [6, 6.07) is 8.67. The van der Waals surface area contributed by atoms with Crippen LogP contribution >= 0.6 is 11.8 Å². The zero-order valence-electron chi connectivity index (χ0n) is 12.0. The van der Waals surface area contributed by atoms with Gasteiger partial charge in [-0.1, -0.05) is 42.1 Å². The van der Waals surface area contributed by atoms with Gasteiger partial charge in [0.25, 0.3) is 0 Å². The van der Waals surface area contributed by atoms with Crippen molar-refractivity contribution in [1.29, 1.82) is 0 Å². The Bertz CT molecular complexity index is 639. The number of benzene rings is 1. The van der Waals surface area contributed by atoms with Crippen LogP contribution in [0.1, 0.15) is 18.4 Å². The van der Waals surface area contributed by atoms with Crippen molar-refractivity contribution in [1.82, 2.24) is 10.2 Å². The van der Waals surface area contributed by atoms with Gasteiger partial charge in [0.1, 0.15) is 5.84 Å². The van der Waals surface area contributed by atoms with Crippen LogP contribution in [0.3, 0.4) is 0 Å². The van der Waals surface area contributed by atoms with Gasteiger partial charge >= 0.3 is 0 Å². The number of thioether (sulfide) groups is 1. The van der Waals surface area contributed by atoms with Crippen LogP contribution in [0, 0.1) is 0 Å². The molecule has 0 unspecified atom stereocenters. The van der Waals surface area contributed by atoms with Crippen LogP contribution in [0.5, 0.6) is 0 Å². The molecule has 1 aromatic carbocycles. The van der Waals surface area contributed by atoms with Crippen molar-refractivity contribution in [3.63, 3.8) is 0 Å². The fraction of sp³-hybridized carbons (Fsp3) is 0.353. The largest absolute Gasteiger partial charge is 0.354 e. The second-order valence-electron chi connectivity index (χ2n) is 5.51. The number of aliphatic imine (C=N–C) groups is 1. The van der Waals surface area contributed by atoms with Crippen LogP contribution in [0.4, 0.5) is 0 Å². The third-order valence-electron chi connectivity index (χ3n) is 4.08. The second kappa shape index (κ2) is 5.70. The molecule has 3 aliphatic rings. The topological polar surface area (TPSA) is 27.6 Å². The summed E-state index contributed by atoms with van der Waals surface area (Å²) >= 11 is 1.87. The smallest absolute Gasteiger partial charge is 0.137 e. The van der Waals surface area contributed by atoms with Crippen LogP contribution in [0.2, 0.25) is 0 Å². The molecule has 3 nitrogen and oxygen atoms in total. The molecule has 0 saturated carbocycles. The minimum absolute atomic E-state index is 1.03. The number of hydrogen-bond acceptors (Lipinski definition) is 4. The van der Waals surface area contributed by atoms with E-state index >= 15 is 0 Å². The molecule has 0 bridgehead atoms. The van der Waals surface area contributed by atoms with Gasteiger partial charge in [0.2, 0.25) is 0 Å². The molecule has 1 N–H and O–H groups in total. The van der Waals surface area contributed by atoms with Crippen molar-refractivity contribution in [2.24, 2.45) is 4.99 Å². The molecule has 1 saturated heterocycles. The van der Waals surface area contributed by atoms with Gasteiger partial charge in [0, 0.05) is 41.5 Å².